The molecule has 4 atom stereocenters. The van der Waals surface area contributed by atoms with Crippen LogP contribution in [0, 0.1) is 11.8 Å². The van der Waals surface area contributed by atoms with Crippen LogP contribution in [0.3, 0.4) is 0 Å². The van der Waals surface area contributed by atoms with Gasteiger partial charge in [-0.2, -0.15) is 0 Å². The molecule has 0 heterocycles. The smallest absolute Gasteiger partial charge is 0.306 e. The molecule has 1 aliphatic carbocycles. The molecule has 1 rings (SSSR count). The molecule has 4 heteroatoms. The first kappa shape index (κ1) is 13.5. The summed E-state index contributed by atoms with van der Waals surface area (Å²) >= 11 is 0. The third-order valence-electron chi connectivity index (χ3n) is 3.78. The van der Waals surface area contributed by atoms with Crippen molar-refractivity contribution in [2.24, 2.45) is 11.8 Å². The summed E-state index contributed by atoms with van der Waals surface area (Å²) in [5, 5.41) is 21.3. The highest BCUT2D eigenvalue weighted by molar-refractivity contribution is 5.67. The zero-order valence-electron chi connectivity index (χ0n) is 10.1. The molecule has 1 aliphatic rings. The van der Waals surface area contributed by atoms with Gasteiger partial charge in [0.15, 0.2) is 0 Å². The van der Waals surface area contributed by atoms with Gasteiger partial charge in [0.1, 0.15) is 0 Å². The number of nitrogens with one attached hydrogen (secondary N) is 1. The summed E-state index contributed by atoms with van der Waals surface area (Å²) in [6, 6.07) is 0.438. The van der Waals surface area contributed by atoms with Crippen molar-refractivity contribution in [2.75, 3.05) is 6.54 Å². The Morgan fingerprint density at radius 2 is 2.19 bits per heavy atom. The fourth-order valence-corrected chi connectivity index (χ4v) is 2.67. The summed E-state index contributed by atoms with van der Waals surface area (Å²) in [5.41, 5.74) is 0. The molecule has 0 bridgehead atoms. The maximum absolute atomic E-state index is 10.4. The van der Waals surface area contributed by atoms with E-state index < -0.39 is 12.1 Å². The molecule has 0 aromatic heterocycles. The molecule has 1 fully saturated rings. The minimum Gasteiger partial charge on any atom is -0.481 e. The molecule has 3 N–H and O–H groups in total. The minimum atomic E-state index is -0.944. The van der Waals surface area contributed by atoms with E-state index in [1.807, 2.05) is 0 Å². The topological polar surface area (TPSA) is 69.6 Å². The Hall–Kier alpha value is -0.610. The van der Waals surface area contributed by atoms with E-state index in [1.165, 1.54) is 12.8 Å². The lowest BCUT2D eigenvalue weighted by Crippen LogP contribution is -2.38. The Labute approximate surface area is 97.0 Å². The number of carboxylic acids is 1. The molecular formula is C12H23NO3. The number of rotatable bonds is 6. The van der Waals surface area contributed by atoms with E-state index in [1.54, 1.807) is 0 Å². The molecular weight excluding hydrogens is 206 g/mol. The first-order chi connectivity index (χ1) is 7.54. The standard InChI is InChI=1S/C12H23NO3/c1-3-9-4-5-11(8(9)2)13-7-10(14)6-12(15)16/h8-11,13-14H,3-7H2,1-2H3,(H,15,16). The van der Waals surface area contributed by atoms with Gasteiger partial charge >= 0.3 is 5.97 Å². The van der Waals surface area contributed by atoms with E-state index in [2.05, 4.69) is 19.2 Å². The largest absolute Gasteiger partial charge is 0.481 e. The summed E-state index contributed by atoms with van der Waals surface area (Å²) < 4.78 is 0. The van der Waals surface area contributed by atoms with Crippen LogP contribution in [0.15, 0.2) is 0 Å². The Kier molecular flexibility index (Phi) is 5.22. The van der Waals surface area contributed by atoms with Gasteiger partial charge in [-0.1, -0.05) is 20.3 Å². The number of hydrogen-bond donors (Lipinski definition) is 3. The van der Waals surface area contributed by atoms with Crippen LogP contribution in [0.5, 0.6) is 0 Å². The van der Waals surface area contributed by atoms with E-state index in [-0.39, 0.29) is 6.42 Å². The van der Waals surface area contributed by atoms with Gasteiger partial charge < -0.3 is 15.5 Å². The first-order valence-corrected chi connectivity index (χ1v) is 6.17. The third kappa shape index (κ3) is 3.76. The summed E-state index contributed by atoms with van der Waals surface area (Å²) in [6.45, 7) is 4.84. The van der Waals surface area contributed by atoms with E-state index in [4.69, 9.17) is 5.11 Å². The van der Waals surface area contributed by atoms with Gasteiger partial charge in [0.05, 0.1) is 12.5 Å². The number of carbonyl (C=O) groups is 1. The van der Waals surface area contributed by atoms with Crippen molar-refractivity contribution in [1.82, 2.24) is 5.32 Å². The molecule has 0 radical (unpaired) electrons. The Bertz CT molecular complexity index is 232. The number of aliphatic carboxylic acids is 1. The molecule has 94 valence electrons. The molecule has 16 heavy (non-hydrogen) atoms. The molecule has 4 unspecified atom stereocenters. The molecule has 0 aromatic carbocycles. The average molecular weight is 229 g/mol. The zero-order chi connectivity index (χ0) is 12.1. The monoisotopic (exact) mass is 229 g/mol. The van der Waals surface area contributed by atoms with E-state index >= 15 is 0 Å². The summed E-state index contributed by atoms with van der Waals surface area (Å²) in [7, 11) is 0. The second-order valence-corrected chi connectivity index (χ2v) is 4.87. The third-order valence-corrected chi connectivity index (χ3v) is 3.78. The minimum absolute atomic E-state index is 0.175. The van der Waals surface area contributed by atoms with Crippen molar-refractivity contribution in [3.05, 3.63) is 0 Å². The maximum Gasteiger partial charge on any atom is 0.306 e. The highest BCUT2D eigenvalue weighted by Crippen LogP contribution is 2.33. The van der Waals surface area contributed by atoms with Crippen LogP contribution in [0.25, 0.3) is 0 Å². The Morgan fingerprint density at radius 1 is 1.50 bits per heavy atom. The van der Waals surface area contributed by atoms with Crippen LogP contribution < -0.4 is 5.32 Å². The summed E-state index contributed by atoms with van der Waals surface area (Å²) in [4.78, 5) is 10.4. The first-order valence-electron chi connectivity index (χ1n) is 6.17. The molecule has 0 spiro atoms. The van der Waals surface area contributed by atoms with Gasteiger partial charge in [-0.25, -0.2) is 0 Å². The SMILES string of the molecule is CCC1CCC(NCC(O)CC(=O)O)C1C. The van der Waals surface area contributed by atoms with Gasteiger partial charge in [0.25, 0.3) is 0 Å². The molecule has 4 nitrogen and oxygen atoms in total. The van der Waals surface area contributed by atoms with Gasteiger partial charge in [0.2, 0.25) is 0 Å². The maximum atomic E-state index is 10.4. The zero-order valence-corrected chi connectivity index (χ0v) is 10.1. The second-order valence-electron chi connectivity index (χ2n) is 4.87. The van der Waals surface area contributed by atoms with Crippen LogP contribution in [0.4, 0.5) is 0 Å². The Morgan fingerprint density at radius 3 is 2.69 bits per heavy atom. The molecule has 0 aliphatic heterocycles. The van der Waals surface area contributed by atoms with Crippen molar-refractivity contribution in [2.45, 2.75) is 51.7 Å². The summed E-state index contributed by atoms with van der Waals surface area (Å²) in [6.07, 6.45) is 2.64. The predicted octanol–water partition coefficient (Wildman–Crippen LogP) is 1.24. The number of aliphatic hydroxyl groups is 1. The van der Waals surface area contributed by atoms with Crippen LogP contribution in [0.2, 0.25) is 0 Å². The van der Waals surface area contributed by atoms with Crippen LogP contribution in [-0.4, -0.2) is 34.9 Å². The molecule has 0 aromatic rings. The van der Waals surface area contributed by atoms with Crippen molar-refractivity contribution >= 4 is 5.97 Å². The number of aliphatic hydroxyl groups excluding tert-OH is 1. The lowest BCUT2D eigenvalue weighted by molar-refractivity contribution is -0.139. The Balaban J connectivity index is 2.25. The van der Waals surface area contributed by atoms with Crippen molar-refractivity contribution in [3.63, 3.8) is 0 Å². The van der Waals surface area contributed by atoms with Gasteiger partial charge in [0, 0.05) is 12.6 Å². The summed E-state index contributed by atoms with van der Waals surface area (Å²) in [5.74, 6) is 0.455. The number of hydrogen-bond acceptors (Lipinski definition) is 3. The van der Waals surface area contributed by atoms with Crippen LogP contribution in [0.1, 0.15) is 39.5 Å². The highest BCUT2D eigenvalue weighted by atomic mass is 16.4. The van der Waals surface area contributed by atoms with E-state index in [0.29, 0.717) is 18.5 Å². The normalized spacial score (nSPS) is 31.6. The van der Waals surface area contributed by atoms with Crippen molar-refractivity contribution < 1.29 is 15.0 Å². The average Bonchev–Trinajstić information content (AvgIpc) is 2.55. The van der Waals surface area contributed by atoms with Crippen LogP contribution >= 0.6 is 0 Å². The van der Waals surface area contributed by atoms with Crippen molar-refractivity contribution in [3.8, 4) is 0 Å². The van der Waals surface area contributed by atoms with E-state index in [0.717, 1.165) is 12.3 Å². The molecule has 0 amide bonds. The van der Waals surface area contributed by atoms with Gasteiger partial charge in [-0.3, -0.25) is 4.79 Å². The van der Waals surface area contributed by atoms with Gasteiger partial charge in [-0.15, -0.1) is 0 Å². The fraction of sp³-hybridized carbons (Fsp3) is 0.917. The lowest BCUT2D eigenvalue weighted by Gasteiger charge is -2.22. The van der Waals surface area contributed by atoms with Crippen molar-refractivity contribution in [1.29, 1.82) is 0 Å². The lowest BCUT2D eigenvalue weighted by atomic mass is 9.93. The molecule has 0 saturated heterocycles. The van der Waals surface area contributed by atoms with E-state index in [9.17, 15) is 9.90 Å². The predicted molar refractivity (Wildman–Crippen MR) is 62.2 cm³/mol. The molecule has 1 saturated carbocycles. The van der Waals surface area contributed by atoms with Gasteiger partial charge in [-0.05, 0) is 24.7 Å². The highest BCUT2D eigenvalue weighted by Gasteiger charge is 2.31. The fourth-order valence-electron chi connectivity index (χ4n) is 2.67. The number of carboxylic acid groups (broad SMARTS) is 1. The quantitative estimate of drug-likeness (QED) is 0.641. The van der Waals surface area contributed by atoms with Crippen LogP contribution in [-0.2, 0) is 4.79 Å². The second kappa shape index (κ2) is 6.21.